The van der Waals surface area contributed by atoms with Gasteiger partial charge in [0, 0.05) is 11.7 Å². The molecule has 0 spiro atoms. The number of carboxylic acid groups (broad SMARTS) is 1. The normalized spacial score (nSPS) is 22.3. The molecule has 6 nitrogen and oxygen atoms in total. The Labute approximate surface area is 118 Å². The van der Waals surface area contributed by atoms with E-state index in [2.05, 4.69) is 22.5 Å². The quantitative estimate of drug-likeness (QED) is 0.685. The SMILES string of the molecule is Cc1cc(NC(=O)NC2CCCC(C)C2)c(C(=O)O)[nH]1. The van der Waals surface area contributed by atoms with Gasteiger partial charge in [-0.1, -0.05) is 19.8 Å². The molecule has 1 heterocycles. The van der Waals surface area contributed by atoms with Crippen molar-refractivity contribution in [1.82, 2.24) is 10.3 Å². The van der Waals surface area contributed by atoms with Crippen LogP contribution in [0.3, 0.4) is 0 Å². The van der Waals surface area contributed by atoms with Crippen molar-refractivity contribution in [2.75, 3.05) is 5.32 Å². The summed E-state index contributed by atoms with van der Waals surface area (Å²) in [5.41, 5.74) is 1.01. The van der Waals surface area contributed by atoms with Crippen molar-refractivity contribution in [3.63, 3.8) is 0 Å². The molecule has 0 bridgehead atoms. The number of hydrogen-bond donors (Lipinski definition) is 4. The van der Waals surface area contributed by atoms with E-state index >= 15 is 0 Å². The van der Waals surface area contributed by atoms with Crippen LogP contribution < -0.4 is 10.6 Å². The number of rotatable bonds is 3. The first kappa shape index (κ1) is 14.4. The molecule has 2 atom stereocenters. The monoisotopic (exact) mass is 279 g/mol. The minimum Gasteiger partial charge on any atom is -0.477 e. The first-order chi connectivity index (χ1) is 9.45. The van der Waals surface area contributed by atoms with Crippen LogP contribution in [0.25, 0.3) is 0 Å². The molecule has 2 unspecified atom stereocenters. The molecule has 0 aliphatic heterocycles. The van der Waals surface area contributed by atoms with E-state index in [9.17, 15) is 9.59 Å². The highest BCUT2D eigenvalue weighted by atomic mass is 16.4. The van der Waals surface area contributed by atoms with Crippen molar-refractivity contribution in [3.8, 4) is 0 Å². The molecule has 1 fully saturated rings. The van der Waals surface area contributed by atoms with Crippen molar-refractivity contribution in [2.24, 2.45) is 5.92 Å². The number of carbonyl (C=O) groups excluding carboxylic acids is 1. The fourth-order valence-corrected chi connectivity index (χ4v) is 2.77. The lowest BCUT2D eigenvalue weighted by Crippen LogP contribution is -2.40. The van der Waals surface area contributed by atoms with Gasteiger partial charge < -0.3 is 20.7 Å². The highest BCUT2D eigenvalue weighted by molar-refractivity contribution is 5.99. The average Bonchev–Trinajstić information content (AvgIpc) is 2.70. The Balaban J connectivity index is 1.96. The van der Waals surface area contributed by atoms with Gasteiger partial charge >= 0.3 is 12.0 Å². The lowest BCUT2D eigenvalue weighted by atomic mass is 9.87. The summed E-state index contributed by atoms with van der Waals surface area (Å²) in [4.78, 5) is 25.7. The number of urea groups is 1. The van der Waals surface area contributed by atoms with Crippen molar-refractivity contribution >= 4 is 17.7 Å². The zero-order valence-electron chi connectivity index (χ0n) is 11.8. The van der Waals surface area contributed by atoms with Crippen LogP contribution in [0.2, 0.25) is 0 Å². The second kappa shape index (κ2) is 5.98. The lowest BCUT2D eigenvalue weighted by molar-refractivity contribution is 0.0692. The van der Waals surface area contributed by atoms with Gasteiger partial charge in [-0.15, -0.1) is 0 Å². The molecular weight excluding hydrogens is 258 g/mol. The van der Waals surface area contributed by atoms with E-state index in [-0.39, 0.29) is 17.8 Å². The minimum atomic E-state index is -1.08. The van der Waals surface area contributed by atoms with Crippen LogP contribution >= 0.6 is 0 Å². The molecule has 110 valence electrons. The number of anilines is 1. The Bertz CT molecular complexity index is 510. The molecule has 1 aromatic rings. The van der Waals surface area contributed by atoms with Gasteiger partial charge in [0.15, 0.2) is 0 Å². The number of aryl methyl sites for hydroxylation is 1. The Morgan fingerprint density at radius 2 is 2.15 bits per heavy atom. The molecule has 2 amide bonds. The van der Waals surface area contributed by atoms with E-state index < -0.39 is 5.97 Å². The van der Waals surface area contributed by atoms with E-state index in [4.69, 9.17) is 5.11 Å². The zero-order valence-corrected chi connectivity index (χ0v) is 11.8. The highest BCUT2D eigenvalue weighted by Gasteiger charge is 2.21. The molecule has 0 aromatic carbocycles. The van der Waals surface area contributed by atoms with Crippen LogP contribution in [0.15, 0.2) is 6.07 Å². The van der Waals surface area contributed by atoms with E-state index in [0.717, 1.165) is 19.3 Å². The van der Waals surface area contributed by atoms with E-state index in [1.54, 1.807) is 13.0 Å². The first-order valence-corrected chi connectivity index (χ1v) is 6.96. The van der Waals surface area contributed by atoms with Crippen molar-refractivity contribution in [3.05, 3.63) is 17.5 Å². The largest absolute Gasteiger partial charge is 0.477 e. The second-order valence-corrected chi connectivity index (χ2v) is 5.61. The van der Waals surface area contributed by atoms with E-state index in [1.165, 1.54) is 6.42 Å². The van der Waals surface area contributed by atoms with Crippen molar-refractivity contribution in [1.29, 1.82) is 0 Å². The Morgan fingerprint density at radius 3 is 2.80 bits per heavy atom. The topological polar surface area (TPSA) is 94.2 Å². The molecule has 1 aliphatic rings. The maximum atomic E-state index is 11.9. The molecule has 1 saturated carbocycles. The fraction of sp³-hybridized carbons (Fsp3) is 0.571. The van der Waals surface area contributed by atoms with Gasteiger partial charge in [-0.3, -0.25) is 0 Å². The van der Waals surface area contributed by atoms with Gasteiger partial charge in [-0.05, 0) is 31.7 Å². The van der Waals surface area contributed by atoms with Gasteiger partial charge in [0.2, 0.25) is 0 Å². The first-order valence-electron chi connectivity index (χ1n) is 6.96. The smallest absolute Gasteiger partial charge is 0.354 e. The summed E-state index contributed by atoms with van der Waals surface area (Å²) in [6.45, 7) is 3.93. The predicted molar refractivity (Wildman–Crippen MR) is 76.1 cm³/mol. The van der Waals surface area contributed by atoms with E-state index in [0.29, 0.717) is 17.3 Å². The molecule has 0 radical (unpaired) electrons. The minimum absolute atomic E-state index is 0.00895. The van der Waals surface area contributed by atoms with Crippen LogP contribution in [-0.2, 0) is 0 Å². The lowest BCUT2D eigenvalue weighted by Gasteiger charge is -2.27. The van der Waals surface area contributed by atoms with Gasteiger partial charge in [-0.25, -0.2) is 9.59 Å². The molecule has 2 rings (SSSR count). The third-order valence-electron chi connectivity index (χ3n) is 3.69. The fourth-order valence-electron chi connectivity index (χ4n) is 2.77. The number of aromatic nitrogens is 1. The van der Waals surface area contributed by atoms with Gasteiger partial charge in [-0.2, -0.15) is 0 Å². The van der Waals surface area contributed by atoms with E-state index in [1.807, 2.05) is 0 Å². The van der Waals surface area contributed by atoms with Crippen LogP contribution in [0.4, 0.5) is 10.5 Å². The number of hydrogen-bond acceptors (Lipinski definition) is 2. The summed E-state index contributed by atoms with van der Waals surface area (Å²) in [7, 11) is 0. The number of carbonyl (C=O) groups is 2. The Hall–Kier alpha value is -1.98. The van der Waals surface area contributed by atoms with Gasteiger partial charge in [0.1, 0.15) is 5.69 Å². The van der Waals surface area contributed by atoms with Crippen LogP contribution in [0.5, 0.6) is 0 Å². The summed E-state index contributed by atoms with van der Waals surface area (Å²) in [6.07, 6.45) is 4.29. The standard InChI is InChI=1S/C14H21N3O3/c1-8-4-3-5-10(6-8)16-14(20)17-11-7-9(2)15-12(11)13(18)19/h7-8,10,15H,3-6H2,1-2H3,(H,18,19)(H2,16,17,20). The molecule has 20 heavy (non-hydrogen) atoms. The predicted octanol–water partition coefficient (Wildman–Crippen LogP) is 2.72. The average molecular weight is 279 g/mol. The Morgan fingerprint density at radius 1 is 1.40 bits per heavy atom. The Kier molecular flexibility index (Phi) is 4.32. The molecule has 4 N–H and O–H groups in total. The van der Waals surface area contributed by atoms with Gasteiger partial charge in [0.25, 0.3) is 0 Å². The van der Waals surface area contributed by atoms with Crippen molar-refractivity contribution in [2.45, 2.75) is 45.6 Å². The highest BCUT2D eigenvalue weighted by Crippen LogP contribution is 2.23. The molecule has 1 aliphatic carbocycles. The summed E-state index contributed by atoms with van der Waals surface area (Å²) in [5, 5.41) is 14.6. The summed E-state index contributed by atoms with van der Waals surface area (Å²) >= 11 is 0. The summed E-state index contributed by atoms with van der Waals surface area (Å²) < 4.78 is 0. The maximum Gasteiger partial charge on any atom is 0.354 e. The third-order valence-corrected chi connectivity index (χ3v) is 3.69. The number of carboxylic acids is 1. The summed E-state index contributed by atoms with van der Waals surface area (Å²) in [6, 6.07) is 1.45. The number of aromatic amines is 1. The third kappa shape index (κ3) is 3.53. The molecule has 6 heteroatoms. The molecule has 0 saturated heterocycles. The molecular formula is C14H21N3O3. The number of nitrogens with one attached hydrogen (secondary N) is 3. The number of amides is 2. The molecule has 1 aromatic heterocycles. The maximum absolute atomic E-state index is 11.9. The summed E-state index contributed by atoms with van der Waals surface area (Å²) in [5.74, 6) is -0.460. The van der Waals surface area contributed by atoms with Crippen LogP contribution in [0, 0.1) is 12.8 Å². The zero-order chi connectivity index (χ0) is 14.7. The number of H-pyrrole nitrogens is 1. The van der Waals surface area contributed by atoms with Crippen LogP contribution in [-0.4, -0.2) is 28.1 Å². The van der Waals surface area contributed by atoms with Crippen LogP contribution in [0.1, 0.15) is 48.8 Å². The van der Waals surface area contributed by atoms with Crippen molar-refractivity contribution < 1.29 is 14.7 Å². The number of aromatic carboxylic acids is 1. The second-order valence-electron chi connectivity index (χ2n) is 5.61. The van der Waals surface area contributed by atoms with Gasteiger partial charge in [0.05, 0.1) is 5.69 Å².